The summed E-state index contributed by atoms with van der Waals surface area (Å²) in [6.07, 6.45) is 3.50. The van der Waals surface area contributed by atoms with Gasteiger partial charge >= 0.3 is 0 Å². The Morgan fingerprint density at radius 2 is 2.11 bits per heavy atom. The maximum absolute atomic E-state index is 10.3. The highest BCUT2D eigenvalue weighted by molar-refractivity contribution is 7.18. The summed E-state index contributed by atoms with van der Waals surface area (Å²) < 4.78 is 0. The number of aryl methyl sites for hydroxylation is 2. The van der Waals surface area contributed by atoms with Gasteiger partial charge in [-0.15, -0.1) is 11.3 Å². The predicted molar refractivity (Wildman–Crippen MR) is 79.0 cm³/mol. The zero-order chi connectivity index (χ0) is 13.6. The molecular weight excluding hydrogens is 258 g/mol. The van der Waals surface area contributed by atoms with Crippen LogP contribution in [0.2, 0.25) is 0 Å². The van der Waals surface area contributed by atoms with E-state index in [1.807, 2.05) is 0 Å². The molecule has 0 bridgehead atoms. The molecule has 4 nitrogen and oxygen atoms in total. The van der Waals surface area contributed by atoms with Crippen molar-refractivity contribution < 1.29 is 5.11 Å². The molecule has 1 aliphatic rings. The van der Waals surface area contributed by atoms with Gasteiger partial charge in [0, 0.05) is 18.0 Å². The van der Waals surface area contributed by atoms with Crippen LogP contribution in [0.1, 0.15) is 30.2 Å². The number of fused-ring (bicyclic) bond motifs is 1. The lowest BCUT2D eigenvalue weighted by Gasteiger charge is -2.47. The van der Waals surface area contributed by atoms with Crippen LogP contribution in [0.4, 0.5) is 5.82 Å². The second kappa shape index (κ2) is 4.42. The highest BCUT2D eigenvalue weighted by Gasteiger charge is 2.41. The van der Waals surface area contributed by atoms with Gasteiger partial charge in [0.1, 0.15) is 17.0 Å². The molecular formula is C14H19N3OS. The number of thiophene rings is 1. The monoisotopic (exact) mass is 277 g/mol. The molecule has 1 N–H and O–H groups in total. The van der Waals surface area contributed by atoms with Crippen LogP contribution >= 0.6 is 11.3 Å². The Labute approximate surface area is 117 Å². The van der Waals surface area contributed by atoms with Crippen molar-refractivity contribution in [3.8, 4) is 0 Å². The third-order valence-corrected chi connectivity index (χ3v) is 5.05. The second-order valence-corrected chi connectivity index (χ2v) is 6.69. The van der Waals surface area contributed by atoms with Gasteiger partial charge in [0.05, 0.1) is 11.0 Å². The summed E-state index contributed by atoms with van der Waals surface area (Å²) >= 11 is 1.71. The molecule has 0 amide bonds. The summed E-state index contributed by atoms with van der Waals surface area (Å²) in [5.41, 5.74) is 0.742. The van der Waals surface area contributed by atoms with Gasteiger partial charge in [-0.25, -0.2) is 9.97 Å². The molecule has 2 aromatic rings. The quantitative estimate of drug-likeness (QED) is 0.937. The smallest absolute Gasteiger partial charge is 0.141 e. The average Bonchev–Trinajstić information content (AvgIpc) is 2.62. The second-order valence-electron chi connectivity index (χ2n) is 5.49. The molecule has 0 aliphatic carbocycles. The number of hydrogen-bond acceptors (Lipinski definition) is 5. The first-order chi connectivity index (χ1) is 9.04. The molecule has 3 heterocycles. The fourth-order valence-corrected chi connectivity index (χ4v) is 3.83. The minimum absolute atomic E-state index is 0.523. The van der Waals surface area contributed by atoms with Gasteiger partial charge in [-0.1, -0.05) is 13.3 Å². The zero-order valence-corrected chi connectivity index (χ0v) is 12.4. The van der Waals surface area contributed by atoms with E-state index in [1.165, 1.54) is 10.4 Å². The lowest BCUT2D eigenvalue weighted by atomic mass is 9.89. The minimum Gasteiger partial charge on any atom is -0.386 e. The number of β-amino-alcohol motifs (C(OH)–C–C–N with tert-alkyl or cyclic N) is 1. The van der Waals surface area contributed by atoms with E-state index < -0.39 is 5.60 Å². The number of nitrogens with zero attached hydrogens (tertiary/aromatic N) is 3. The van der Waals surface area contributed by atoms with Gasteiger partial charge in [-0.2, -0.15) is 0 Å². The Balaban J connectivity index is 1.95. The third kappa shape index (κ3) is 2.01. The molecule has 0 atom stereocenters. The molecule has 0 aromatic carbocycles. The van der Waals surface area contributed by atoms with E-state index in [2.05, 4.69) is 35.6 Å². The number of aliphatic hydroxyl groups is 1. The molecule has 2 aromatic heterocycles. The number of aromatic nitrogens is 2. The van der Waals surface area contributed by atoms with Crippen molar-refractivity contribution in [1.29, 1.82) is 0 Å². The Morgan fingerprint density at radius 1 is 1.37 bits per heavy atom. The summed E-state index contributed by atoms with van der Waals surface area (Å²) in [5.74, 6) is 0.979. The molecule has 0 spiro atoms. The maximum Gasteiger partial charge on any atom is 0.141 e. The molecule has 1 aliphatic heterocycles. The van der Waals surface area contributed by atoms with E-state index in [-0.39, 0.29) is 0 Å². The Morgan fingerprint density at radius 3 is 2.79 bits per heavy atom. The van der Waals surface area contributed by atoms with E-state index in [9.17, 15) is 5.11 Å². The van der Waals surface area contributed by atoms with E-state index in [0.29, 0.717) is 13.1 Å². The van der Waals surface area contributed by atoms with Crippen LogP contribution in [0.15, 0.2) is 6.33 Å². The SMILES string of the molecule is CCCC1(O)CN(c2ncnc3sc(C)c(C)c23)C1. The Kier molecular flexibility index (Phi) is 2.98. The average molecular weight is 277 g/mol. The number of hydrogen-bond donors (Lipinski definition) is 1. The van der Waals surface area contributed by atoms with Crippen LogP contribution in [0.3, 0.4) is 0 Å². The molecule has 0 saturated carbocycles. The van der Waals surface area contributed by atoms with Crippen LogP contribution in [0.25, 0.3) is 10.2 Å². The first-order valence-corrected chi connectivity index (χ1v) is 7.54. The van der Waals surface area contributed by atoms with E-state index >= 15 is 0 Å². The molecule has 0 unspecified atom stereocenters. The molecule has 5 heteroatoms. The lowest BCUT2D eigenvalue weighted by Crippen LogP contribution is -2.62. The van der Waals surface area contributed by atoms with Gasteiger partial charge in [0.25, 0.3) is 0 Å². The van der Waals surface area contributed by atoms with Crippen LogP contribution in [-0.2, 0) is 0 Å². The van der Waals surface area contributed by atoms with Gasteiger partial charge in [0.2, 0.25) is 0 Å². The standard InChI is InChI=1S/C14H19N3OS/c1-4-5-14(18)6-17(7-14)12-11-9(2)10(3)19-13(11)16-8-15-12/h8,18H,4-7H2,1-3H3. The normalized spacial score (nSPS) is 17.8. The van der Waals surface area contributed by atoms with Crippen LogP contribution in [0.5, 0.6) is 0 Å². The summed E-state index contributed by atoms with van der Waals surface area (Å²) in [6, 6.07) is 0. The van der Waals surface area contributed by atoms with Gasteiger partial charge in [0.15, 0.2) is 0 Å². The van der Waals surface area contributed by atoms with Crippen LogP contribution < -0.4 is 4.90 Å². The van der Waals surface area contributed by atoms with Crippen molar-refractivity contribution in [3.63, 3.8) is 0 Å². The van der Waals surface area contributed by atoms with E-state index in [0.717, 1.165) is 28.9 Å². The topological polar surface area (TPSA) is 49.2 Å². The molecule has 1 saturated heterocycles. The lowest BCUT2D eigenvalue weighted by molar-refractivity contribution is 0.00311. The predicted octanol–water partition coefficient (Wildman–Crippen LogP) is 2.66. The zero-order valence-electron chi connectivity index (χ0n) is 11.6. The van der Waals surface area contributed by atoms with Gasteiger partial charge in [-0.05, 0) is 25.8 Å². The number of anilines is 1. The van der Waals surface area contributed by atoms with Crippen molar-refractivity contribution in [2.45, 2.75) is 39.2 Å². The van der Waals surface area contributed by atoms with E-state index in [4.69, 9.17) is 0 Å². The highest BCUT2D eigenvalue weighted by atomic mass is 32.1. The Bertz CT molecular complexity index is 616. The maximum atomic E-state index is 10.3. The van der Waals surface area contributed by atoms with Crippen molar-refractivity contribution in [3.05, 3.63) is 16.8 Å². The largest absolute Gasteiger partial charge is 0.386 e. The number of rotatable bonds is 3. The highest BCUT2D eigenvalue weighted by Crippen LogP contribution is 2.38. The Hall–Kier alpha value is -1.20. The fourth-order valence-electron chi connectivity index (χ4n) is 2.84. The van der Waals surface area contributed by atoms with Crippen molar-refractivity contribution in [2.24, 2.45) is 0 Å². The first-order valence-electron chi connectivity index (χ1n) is 6.72. The third-order valence-electron chi connectivity index (χ3n) is 3.93. The fraction of sp³-hybridized carbons (Fsp3) is 0.571. The van der Waals surface area contributed by atoms with Crippen LogP contribution in [0, 0.1) is 13.8 Å². The summed E-state index contributed by atoms with van der Waals surface area (Å²) in [6.45, 7) is 7.71. The van der Waals surface area contributed by atoms with Crippen LogP contribution in [-0.4, -0.2) is 33.8 Å². The molecule has 3 rings (SSSR count). The molecule has 102 valence electrons. The van der Waals surface area contributed by atoms with Crippen molar-refractivity contribution >= 4 is 27.4 Å². The summed E-state index contributed by atoms with van der Waals surface area (Å²) in [4.78, 5) is 13.3. The summed E-state index contributed by atoms with van der Waals surface area (Å²) in [5, 5.41) is 11.5. The van der Waals surface area contributed by atoms with E-state index in [1.54, 1.807) is 17.7 Å². The molecule has 19 heavy (non-hydrogen) atoms. The van der Waals surface area contributed by atoms with Gasteiger partial charge < -0.3 is 10.0 Å². The van der Waals surface area contributed by atoms with Gasteiger partial charge in [-0.3, -0.25) is 0 Å². The van der Waals surface area contributed by atoms with Crippen molar-refractivity contribution in [2.75, 3.05) is 18.0 Å². The molecule has 0 radical (unpaired) electrons. The first kappa shape index (κ1) is 12.8. The summed E-state index contributed by atoms with van der Waals surface area (Å²) in [7, 11) is 0. The molecule has 1 fully saturated rings. The van der Waals surface area contributed by atoms with Crippen molar-refractivity contribution in [1.82, 2.24) is 9.97 Å². The minimum atomic E-state index is -0.523.